The number of benzene rings is 2. The second kappa shape index (κ2) is 11.4. The molecule has 2 aromatic rings. The average molecular weight is 525 g/mol. The summed E-state index contributed by atoms with van der Waals surface area (Å²) in [7, 11) is 1.67. The van der Waals surface area contributed by atoms with Gasteiger partial charge < -0.3 is 15.0 Å². The molecule has 0 aromatic heterocycles. The number of amides is 3. The quantitative estimate of drug-likeness (QED) is 0.577. The summed E-state index contributed by atoms with van der Waals surface area (Å²) in [6.45, 7) is 8.09. The third kappa shape index (κ3) is 5.65. The standard InChI is InChI=1S/C28H33ClN4O4/c1-5-37-27(35)24-23(31(4)28(36)30-25(24)22-9-7-6-8-18(22)2)17-32-14-15-33(19(3)16-32)26(34)20-10-12-21(29)13-11-20/h6-13,19,25H,5,14-17H2,1-4H3,(H,30,36)/t19-,25+/m0/s1. The lowest BCUT2D eigenvalue weighted by Crippen LogP contribution is -2.56. The van der Waals surface area contributed by atoms with Crippen LogP contribution < -0.4 is 5.32 Å². The highest BCUT2D eigenvalue weighted by Crippen LogP contribution is 2.33. The van der Waals surface area contributed by atoms with E-state index in [0.29, 0.717) is 48.0 Å². The largest absolute Gasteiger partial charge is 0.463 e. The smallest absolute Gasteiger partial charge is 0.338 e. The zero-order valence-electron chi connectivity index (χ0n) is 21.7. The van der Waals surface area contributed by atoms with Crippen molar-refractivity contribution in [2.24, 2.45) is 0 Å². The lowest BCUT2D eigenvalue weighted by atomic mass is 9.91. The molecule has 196 valence electrons. The second-order valence-electron chi connectivity index (χ2n) is 9.47. The fourth-order valence-electron chi connectivity index (χ4n) is 4.99. The van der Waals surface area contributed by atoms with E-state index in [9.17, 15) is 14.4 Å². The molecule has 0 saturated carbocycles. The van der Waals surface area contributed by atoms with Crippen LogP contribution in [0.25, 0.3) is 0 Å². The average Bonchev–Trinajstić information content (AvgIpc) is 2.87. The third-order valence-corrected chi connectivity index (χ3v) is 7.26. The summed E-state index contributed by atoms with van der Waals surface area (Å²) in [5.74, 6) is -0.480. The van der Waals surface area contributed by atoms with Crippen LogP contribution in [0.5, 0.6) is 0 Å². The first kappa shape index (κ1) is 26.7. The molecule has 2 heterocycles. The van der Waals surface area contributed by atoms with E-state index in [1.165, 1.54) is 4.90 Å². The number of carbonyl (C=O) groups excluding carboxylic acids is 3. The molecule has 0 radical (unpaired) electrons. The maximum atomic E-state index is 13.2. The number of aryl methyl sites for hydroxylation is 1. The van der Waals surface area contributed by atoms with Crippen LogP contribution >= 0.6 is 11.6 Å². The third-order valence-electron chi connectivity index (χ3n) is 7.01. The number of likely N-dealkylation sites (N-methyl/N-ethyl adjacent to an activating group) is 1. The molecule has 1 fully saturated rings. The molecule has 0 bridgehead atoms. The van der Waals surface area contributed by atoms with Gasteiger partial charge in [0, 0.05) is 55.6 Å². The number of ether oxygens (including phenoxy) is 1. The normalized spacial score (nSPS) is 20.6. The number of halogens is 1. The summed E-state index contributed by atoms with van der Waals surface area (Å²) in [4.78, 5) is 44.9. The zero-order chi connectivity index (χ0) is 26.7. The van der Waals surface area contributed by atoms with Crippen LogP contribution in [0.4, 0.5) is 4.79 Å². The summed E-state index contributed by atoms with van der Waals surface area (Å²) in [5, 5.41) is 3.57. The molecule has 37 heavy (non-hydrogen) atoms. The van der Waals surface area contributed by atoms with Gasteiger partial charge >= 0.3 is 12.0 Å². The second-order valence-corrected chi connectivity index (χ2v) is 9.90. The first-order valence-electron chi connectivity index (χ1n) is 12.5. The molecule has 1 saturated heterocycles. The highest BCUT2D eigenvalue weighted by molar-refractivity contribution is 6.30. The zero-order valence-corrected chi connectivity index (χ0v) is 22.4. The molecule has 2 aromatic carbocycles. The Morgan fingerprint density at radius 3 is 2.46 bits per heavy atom. The van der Waals surface area contributed by atoms with Crippen molar-refractivity contribution in [1.29, 1.82) is 0 Å². The van der Waals surface area contributed by atoms with Crippen molar-refractivity contribution in [1.82, 2.24) is 20.0 Å². The Morgan fingerprint density at radius 1 is 1.11 bits per heavy atom. The van der Waals surface area contributed by atoms with Crippen LogP contribution in [0.3, 0.4) is 0 Å². The van der Waals surface area contributed by atoms with Gasteiger partial charge in [-0.3, -0.25) is 14.6 Å². The molecule has 1 N–H and O–H groups in total. The van der Waals surface area contributed by atoms with Crippen molar-refractivity contribution >= 4 is 29.5 Å². The van der Waals surface area contributed by atoms with E-state index in [1.807, 2.05) is 43.0 Å². The highest BCUT2D eigenvalue weighted by Gasteiger charge is 2.38. The summed E-state index contributed by atoms with van der Waals surface area (Å²) in [6, 6.07) is 13.7. The molecule has 2 aliphatic rings. The predicted molar refractivity (Wildman–Crippen MR) is 142 cm³/mol. The van der Waals surface area contributed by atoms with E-state index < -0.39 is 12.0 Å². The van der Waals surface area contributed by atoms with Gasteiger partial charge in [0.15, 0.2) is 0 Å². The van der Waals surface area contributed by atoms with Crippen molar-refractivity contribution < 1.29 is 19.1 Å². The molecular weight excluding hydrogens is 492 g/mol. The monoisotopic (exact) mass is 524 g/mol. The number of piperazine rings is 1. The van der Waals surface area contributed by atoms with E-state index in [-0.39, 0.29) is 24.6 Å². The Morgan fingerprint density at radius 2 is 1.81 bits per heavy atom. The Bertz CT molecular complexity index is 1210. The molecule has 9 heteroatoms. The van der Waals surface area contributed by atoms with Crippen molar-refractivity contribution in [2.75, 3.05) is 39.8 Å². The summed E-state index contributed by atoms with van der Waals surface area (Å²) >= 11 is 5.98. The maximum Gasteiger partial charge on any atom is 0.338 e. The summed E-state index contributed by atoms with van der Waals surface area (Å²) in [5.41, 5.74) is 3.48. The topological polar surface area (TPSA) is 82.2 Å². The van der Waals surface area contributed by atoms with Crippen LogP contribution in [0.15, 0.2) is 59.8 Å². The minimum absolute atomic E-state index is 0.0379. The van der Waals surface area contributed by atoms with Gasteiger partial charge in [-0.1, -0.05) is 35.9 Å². The highest BCUT2D eigenvalue weighted by atomic mass is 35.5. The van der Waals surface area contributed by atoms with Gasteiger partial charge in [0.1, 0.15) is 0 Å². The molecule has 3 amide bonds. The van der Waals surface area contributed by atoms with E-state index in [0.717, 1.165) is 11.1 Å². The van der Waals surface area contributed by atoms with Crippen LogP contribution in [0, 0.1) is 6.92 Å². The minimum atomic E-state index is -0.607. The maximum absolute atomic E-state index is 13.2. The molecule has 2 aliphatic heterocycles. The number of hydrogen-bond acceptors (Lipinski definition) is 5. The van der Waals surface area contributed by atoms with Gasteiger partial charge in [-0.15, -0.1) is 0 Å². The molecular formula is C28H33ClN4O4. The fourth-order valence-corrected chi connectivity index (χ4v) is 5.12. The molecule has 4 rings (SSSR count). The molecule has 0 aliphatic carbocycles. The van der Waals surface area contributed by atoms with Gasteiger partial charge in [0.25, 0.3) is 5.91 Å². The number of hydrogen-bond donors (Lipinski definition) is 1. The predicted octanol–water partition coefficient (Wildman–Crippen LogP) is 4.01. The van der Waals surface area contributed by atoms with Gasteiger partial charge in [-0.05, 0) is 56.2 Å². The number of carbonyl (C=O) groups is 3. The fraction of sp³-hybridized carbons (Fsp3) is 0.393. The first-order chi connectivity index (χ1) is 17.7. The number of nitrogens with one attached hydrogen (secondary N) is 1. The molecule has 8 nitrogen and oxygen atoms in total. The van der Waals surface area contributed by atoms with Crippen molar-refractivity contribution in [3.8, 4) is 0 Å². The lowest BCUT2D eigenvalue weighted by Gasteiger charge is -2.42. The minimum Gasteiger partial charge on any atom is -0.463 e. The number of urea groups is 1. The van der Waals surface area contributed by atoms with Gasteiger partial charge in [0.05, 0.1) is 18.2 Å². The Balaban J connectivity index is 1.60. The van der Waals surface area contributed by atoms with Gasteiger partial charge in [-0.25, -0.2) is 9.59 Å². The van der Waals surface area contributed by atoms with Crippen LogP contribution in [0.2, 0.25) is 5.02 Å². The molecule has 0 unspecified atom stereocenters. The Labute approximate surface area is 222 Å². The molecule has 2 atom stereocenters. The molecule has 0 spiro atoms. The Hall–Kier alpha value is -3.36. The Kier molecular flexibility index (Phi) is 8.19. The lowest BCUT2D eigenvalue weighted by molar-refractivity contribution is -0.139. The van der Waals surface area contributed by atoms with Crippen LogP contribution in [-0.2, 0) is 9.53 Å². The van der Waals surface area contributed by atoms with E-state index in [4.69, 9.17) is 16.3 Å². The van der Waals surface area contributed by atoms with Crippen LogP contribution in [0.1, 0.15) is 41.4 Å². The number of nitrogens with zero attached hydrogens (tertiary/aromatic N) is 3. The van der Waals surface area contributed by atoms with Crippen molar-refractivity contribution in [3.05, 3.63) is 81.5 Å². The van der Waals surface area contributed by atoms with Crippen LogP contribution in [-0.4, -0.2) is 78.5 Å². The summed E-state index contributed by atoms with van der Waals surface area (Å²) in [6.07, 6.45) is 0. The summed E-state index contributed by atoms with van der Waals surface area (Å²) < 4.78 is 5.45. The number of esters is 1. The SMILES string of the molecule is CCOC(=O)C1=C(CN2CCN(C(=O)c3ccc(Cl)cc3)[C@@H](C)C2)N(C)C(=O)N[C@@H]1c1ccccc1C. The van der Waals surface area contributed by atoms with E-state index >= 15 is 0 Å². The van der Waals surface area contributed by atoms with Crippen molar-refractivity contribution in [3.63, 3.8) is 0 Å². The van der Waals surface area contributed by atoms with Crippen molar-refractivity contribution in [2.45, 2.75) is 32.9 Å². The van der Waals surface area contributed by atoms with Gasteiger partial charge in [-0.2, -0.15) is 0 Å². The number of rotatable bonds is 6. The van der Waals surface area contributed by atoms with Gasteiger partial charge in [0.2, 0.25) is 0 Å². The van der Waals surface area contributed by atoms with E-state index in [1.54, 1.807) is 38.2 Å². The van der Waals surface area contributed by atoms with E-state index in [2.05, 4.69) is 10.2 Å². The first-order valence-corrected chi connectivity index (χ1v) is 12.9.